The van der Waals surface area contributed by atoms with Gasteiger partial charge >= 0.3 is 12.0 Å². The molecule has 1 aromatic rings. The van der Waals surface area contributed by atoms with Crippen LogP contribution in [0.2, 0.25) is 5.02 Å². The Kier molecular flexibility index (Phi) is 6.81. The number of hydrogen-bond donors (Lipinski definition) is 3. The first-order valence-corrected chi connectivity index (χ1v) is 7.01. The van der Waals surface area contributed by atoms with E-state index in [1.54, 1.807) is 5.32 Å². The summed E-state index contributed by atoms with van der Waals surface area (Å²) >= 11 is 5.63. The Morgan fingerprint density at radius 1 is 1.36 bits per heavy atom. The first kappa shape index (κ1) is 19.8. The van der Waals surface area contributed by atoms with Crippen molar-refractivity contribution >= 4 is 41.1 Å². The lowest BCUT2D eigenvalue weighted by Gasteiger charge is -2.12. The number of rotatable bonds is 6. The molecule has 1 aromatic carbocycles. The van der Waals surface area contributed by atoms with E-state index < -0.39 is 47.1 Å². The molecule has 0 saturated carbocycles. The minimum Gasteiger partial charge on any atom is -0.451 e. The number of nitro benzene ring substituents is 1. The molecule has 0 aliphatic rings. The number of hydrogen-bond acceptors (Lipinski definition) is 7. The van der Waals surface area contributed by atoms with Gasteiger partial charge in [-0.2, -0.15) is 0 Å². The molecule has 0 fully saturated rings. The Balaban J connectivity index is 2.60. The summed E-state index contributed by atoms with van der Waals surface area (Å²) in [5.41, 5.74) is 4.18. The lowest BCUT2D eigenvalue weighted by molar-refractivity contribution is -0.384. The van der Waals surface area contributed by atoms with E-state index in [4.69, 9.17) is 17.3 Å². The zero-order valence-electron chi connectivity index (χ0n) is 12.8. The van der Waals surface area contributed by atoms with Crippen LogP contribution < -0.4 is 16.4 Å². The van der Waals surface area contributed by atoms with Crippen LogP contribution in [-0.4, -0.2) is 41.4 Å². The molecule has 0 aliphatic carbocycles. The summed E-state index contributed by atoms with van der Waals surface area (Å²) in [4.78, 5) is 55.3. The Hall–Kier alpha value is -3.21. The Labute approximate surface area is 145 Å². The highest BCUT2D eigenvalue weighted by atomic mass is 35.5. The molecule has 0 spiro atoms. The maximum Gasteiger partial charge on any atom is 0.326 e. The van der Waals surface area contributed by atoms with Crippen LogP contribution in [0.15, 0.2) is 18.2 Å². The van der Waals surface area contributed by atoms with Gasteiger partial charge in [0, 0.05) is 11.6 Å². The van der Waals surface area contributed by atoms with Crippen molar-refractivity contribution in [1.29, 1.82) is 0 Å². The second-order valence-electron chi connectivity index (χ2n) is 4.59. The fourth-order valence-electron chi connectivity index (χ4n) is 1.56. The van der Waals surface area contributed by atoms with Crippen LogP contribution in [0.25, 0.3) is 0 Å². The standard InChI is InChI=1S/C13H13ClN4O7/c1-6(11(20)17-13(15)22)25-10(19)5-16-12(21)7-2-3-8(14)9(4-7)18(23)24/h2-4,6H,5H2,1H3,(H,16,21)(H3,15,17,20,22). The van der Waals surface area contributed by atoms with Crippen LogP contribution in [0.4, 0.5) is 10.5 Å². The Morgan fingerprint density at radius 2 is 2.00 bits per heavy atom. The van der Waals surface area contributed by atoms with Gasteiger partial charge in [-0.3, -0.25) is 29.8 Å². The molecule has 1 atom stereocenters. The molecule has 0 heterocycles. The Bertz CT molecular complexity index is 737. The summed E-state index contributed by atoms with van der Waals surface area (Å²) in [6.07, 6.45) is -1.31. The van der Waals surface area contributed by atoms with Gasteiger partial charge in [0.25, 0.3) is 17.5 Å². The van der Waals surface area contributed by atoms with Gasteiger partial charge < -0.3 is 15.8 Å². The molecule has 12 heteroatoms. The molecule has 0 aromatic heterocycles. The van der Waals surface area contributed by atoms with Crippen LogP contribution in [0.5, 0.6) is 0 Å². The summed E-state index contributed by atoms with van der Waals surface area (Å²) in [5, 5.41) is 14.5. The average Bonchev–Trinajstić information content (AvgIpc) is 2.51. The first-order chi connectivity index (χ1) is 11.6. The predicted molar refractivity (Wildman–Crippen MR) is 83.7 cm³/mol. The van der Waals surface area contributed by atoms with E-state index in [-0.39, 0.29) is 10.6 Å². The topological polar surface area (TPSA) is 171 Å². The highest BCUT2D eigenvalue weighted by Crippen LogP contribution is 2.24. The van der Waals surface area contributed by atoms with Gasteiger partial charge in [-0.05, 0) is 19.1 Å². The smallest absolute Gasteiger partial charge is 0.326 e. The third-order valence-corrected chi connectivity index (χ3v) is 3.04. The number of primary amides is 1. The van der Waals surface area contributed by atoms with E-state index >= 15 is 0 Å². The summed E-state index contributed by atoms with van der Waals surface area (Å²) in [5.74, 6) is -2.68. The van der Waals surface area contributed by atoms with Crippen molar-refractivity contribution in [2.45, 2.75) is 13.0 Å². The summed E-state index contributed by atoms with van der Waals surface area (Å²) in [6, 6.07) is 2.25. The van der Waals surface area contributed by atoms with Crippen LogP contribution in [0.1, 0.15) is 17.3 Å². The van der Waals surface area contributed by atoms with Crippen molar-refractivity contribution in [3.05, 3.63) is 38.9 Å². The molecule has 1 rings (SSSR count). The monoisotopic (exact) mass is 372 g/mol. The number of nitro groups is 1. The lowest BCUT2D eigenvalue weighted by Crippen LogP contribution is -2.43. The van der Waals surface area contributed by atoms with Crippen molar-refractivity contribution < 1.29 is 28.8 Å². The molecular formula is C13H13ClN4O7. The maximum absolute atomic E-state index is 11.9. The van der Waals surface area contributed by atoms with Gasteiger partial charge in [0.1, 0.15) is 11.6 Å². The number of carbonyl (C=O) groups excluding carboxylic acids is 4. The highest BCUT2D eigenvalue weighted by Gasteiger charge is 2.20. The maximum atomic E-state index is 11.9. The van der Waals surface area contributed by atoms with E-state index in [2.05, 4.69) is 10.1 Å². The van der Waals surface area contributed by atoms with Crippen LogP contribution >= 0.6 is 11.6 Å². The Morgan fingerprint density at radius 3 is 2.56 bits per heavy atom. The van der Waals surface area contributed by atoms with Gasteiger partial charge in [-0.15, -0.1) is 0 Å². The number of carbonyl (C=O) groups is 4. The summed E-state index contributed by atoms with van der Waals surface area (Å²) in [6.45, 7) is 0.587. The molecule has 1 unspecified atom stereocenters. The molecule has 0 bridgehead atoms. The van der Waals surface area contributed by atoms with E-state index in [1.807, 2.05) is 0 Å². The van der Waals surface area contributed by atoms with Crippen molar-refractivity contribution in [1.82, 2.24) is 10.6 Å². The number of nitrogens with one attached hydrogen (secondary N) is 2. The third kappa shape index (κ3) is 6.06. The highest BCUT2D eigenvalue weighted by molar-refractivity contribution is 6.32. The SMILES string of the molecule is CC(OC(=O)CNC(=O)c1ccc(Cl)c([N+](=O)[O-])c1)C(=O)NC(N)=O. The number of nitrogens with zero attached hydrogens (tertiary/aromatic N) is 1. The number of imide groups is 1. The molecule has 25 heavy (non-hydrogen) atoms. The minimum absolute atomic E-state index is 0.0941. The number of esters is 1. The number of nitrogens with two attached hydrogens (primary N) is 1. The molecule has 11 nitrogen and oxygen atoms in total. The van der Waals surface area contributed by atoms with Gasteiger partial charge in [-0.25, -0.2) is 4.79 Å². The predicted octanol–water partition coefficient (Wildman–Crippen LogP) is 0.105. The summed E-state index contributed by atoms with van der Waals surface area (Å²) < 4.78 is 4.68. The molecule has 0 radical (unpaired) electrons. The van der Waals surface area contributed by atoms with E-state index in [0.29, 0.717) is 0 Å². The number of urea groups is 1. The molecule has 0 saturated heterocycles. The number of halogens is 1. The van der Waals surface area contributed by atoms with Gasteiger partial charge in [0.2, 0.25) is 0 Å². The van der Waals surface area contributed by atoms with Crippen molar-refractivity contribution in [2.75, 3.05) is 6.54 Å². The second kappa shape index (κ2) is 8.59. The quantitative estimate of drug-likeness (QED) is 0.361. The van der Waals surface area contributed by atoms with Crippen molar-refractivity contribution in [3.63, 3.8) is 0 Å². The lowest BCUT2D eigenvalue weighted by atomic mass is 10.2. The normalized spacial score (nSPS) is 11.1. The zero-order valence-corrected chi connectivity index (χ0v) is 13.5. The van der Waals surface area contributed by atoms with E-state index in [1.165, 1.54) is 19.1 Å². The molecular weight excluding hydrogens is 360 g/mol. The van der Waals surface area contributed by atoms with Gasteiger partial charge in [-0.1, -0.05) is 11.6 Å². The van der Waals surface area contributed by atoms with Crippen LogP contribution in [0.3, 0.4) is 0 Å². The molecule has 0 aliphatic heterocycles. The fraction of sp³-hybridized carbons (Fsp3) is 0.231. The van der Waals surface area contributed by atoms with Crippen LogP contribution in [0, 0.1) is 10.1 Å². The zero-order chi connectivity index (χ0) is 19.1. The third-order valence-electron chi connectivity index (χ3n) is 2.72. The largest absolute Gasteiger partial charge is 0.451 e. The molecule has 134 valence electrons. The van der Waals surface area contributed by atoms with Crippen molar-refractivity contribution in [2.24, 2.45) is 5.73 Å². The second-order valence-corrected chi connectivity index (χ2v) is 5.00. The van der Waals surface area contributed by atoms with Crippen LogP contribution in [-0.2, 0) is 14.3 Å². The van der Waals surface area contributed by atoms with E-state index in [9.17, 15) is 29.3 Å². The number of ether oxygens (including phenoxy) is 1. The van der Waals surface area contributed by atoms with E-state index in [0.717, 1.165) is 6.07 Å². The van der Waals surface area contributed by atoms with Gasteiger partial charge in [0.05, 0.1) is 4.92 Å². The number of amides is 4. The average molecular weight is 373 g/mol. The summed E-state index contributed by atoms with van der Waals surface area (Å²) in [7, 11) is 0. The van der Waals surface area contributed by atoms with Crippen molar-refractivity contribution in [3.8, 4) is 0 Å². The molecule has 4 amide bonds. The molecule has 4 N–H and O–H groups in total. The first-order valence-electron chi connectivity index (χ1n) is 6.63. The minimum atomic E-state index is -1.31. The fourth-order valence-corrected chi connectivity index (χ4v) is 1.75. The van der Waals surface area contributed by atoms with Gasteiger partial charge in [0.15, 0.2) is 6.10 Å². The number of benzene rings is 1.